The standard InChI is InChI=1S/C19H18OS/c1-11-7-12(2)19(13(3)8-11)14(4)17-9-15-5-6-16(20)10-18(15)21-17/h5-10,20H,4H2,1-3H3. The Morgan fingerprint density at radius 2 is 1.67 bits per heavy atom. The summed E-state index contributed by atoms with van der Waals surface area (Å²) >= 11 is 1.68. The summed E-state index contributed by atoms with van der Waals surface area (Å²) in [5.74, 6) is 0.309. The lowest BCUT2D eigenvalue weighted by molar-refractivity contribution is 0.476. The molecule has 0 radical (unpaired) electrons. The number of rotatable bonds is 2. The molecule has 0 saturated heterocycles. The first kappa shape index (κ1) is 13.9. The second-order valence-electron chi connectivity index (χ2n) is 5.59. The van der Waals surface area contributed by atoms with E-state index in [0.717, 1.165) is 20.5 Å². The van der Waals surface area contributed by atoms with Gasteiger partial charge in [-0.1, -0.05) is 24.3 Å². The second-order valence-corrected chi connectivity index (χ2v) is 6.67. The number of hydrogen-bond donors (Lipinski definition) is 1. The third-order valence-corrected chi connectivity index (χ3v) is 4.94. The average Bonchev–Trinajstić information content (AvgIpc) is 2.80. The zero-order valence-corrected chi connectivity index (χ0v) is 13.3. The third kappa shape index (κ3) is 2.47. The van der Waals surface area contributed by atoms with E-state index in [0.29, 0.717) is 5.75 Å². The van der Waals surface area contributed by atoms with Gasteiger partial charge in [-0.2, -0.15) is 0 Å². The van der Waals surface area contributed by atoms with Crippen LogP contribution < -0.4 is 0 Å². The van der Waals surface area contributed by atoms with Crippen molar-refractivity contribution in [1.29, 1.82) is 0 Å². The predicted molar refractivity (Wildman–Crippen MR) is 92.3 cm³/mol. The maximum Gasteiger partial charge on any atom is 0.117 e. The smallest absolute Gasteiger partial charge is 0.117 e. The molecule has 0 bridgehead atoms. The molecule has 0 amide bonds. The number of hydrogen-bond acceptors (Lipinski definition) is 2. The van der Waals surface area contributed by atoms with Gasteiger partial charge in [0.1, 0.15) is 5.75 Å². The van der Waals surface area contributed by atoms with Crippen molar-refractivity contribution in [2.24, 2.45) is 0 Å². The van der Waals surface area contributed by atoms with Gasteiger partial charge in [-0.25, -0.2) is 0 Å². The van der Waals surface area contributed by atoms with Gasteiger partial charge < -0.3 is 5.11 Å². The van der Waals surface area contributed by atoms with Crippen molar-refractivity contribution in [1.82, 2.24) is 0 Å². The van der Waals surface area contributed by atoms with Gasteiger partial charge in [0, 0.05) is 9.58 Å². The van der Waals surface area contributed by atoms with Crippen molar-refractivity contribution < 1.29 is 5.11 Å². The van der Waals surface area contributed by atoms with Crippen LogP contribution in [0.25, 0.3) is 15.7 Å². The average molecular weight is 294 g/mol. The summed E-state index contributed by atoms with van der Waals surface area (Å²) in [6, 6.07) is 12.0. The number of aryl methyl sites for hydroxylation is 3. The molecule has 1 aromatic heterocycles. The Morgan fingerprint density at radius 3 is 2.33 bits per heavy atom. The van der Waals surface area contributed by atoms with E-state index in [4.69, 9.17) is 0 Å². The number of thiophene rings is 1. The van der Waals surface area contributed by atoms with E-state index in [1.165, 1.54) is 22.3 Å². The molecule has 3 aromatic rings. The molecule has 1 N–H and O–H groups in total. The number of phenols is 1. The van der Waals surface area contributed by atoms with Crippen LogP contribution in [-0.2, 0) is 0 Å². The molecule has 0 saturated carbocycles. The van der Waals surface area contributed by atoms with Crippen LogP contribution in [0.3, 0.4) is 0 Å². The van der Waals surface area contributed by atoms with Crippen LogP contribution in [0.4, 0.5) is 0 Å². The van der Waals surface area contributed by atoms with Crippen molar-refractivity contribution >= 4 is 27.0 Å². The zero-order chi connectivity index (χ0) is 15.1. The van der Waals surface area contributed by atoms with Gasteiger partial charge in [-0.3, -0.25) is 0 Å². The Hall–Kier alpha value is -2.06. The molecule has 0 spiro atoms. The summed E-state index contributed by atoms with van der Waals surface area (Å²) in [7, 11) is 0. The molecule has 2 heteroatoms. The van der Waals surface area contributed by atoms with E-state index in [1.807, 2.05) is 12.1 Å². The summed E-state index contributed by atoms with van der Waals surface area (Å²) in [6.45, 7) is 10.7. The Balaban J connectivity index is 2.12. The summed E-state index contributed by atoms with van der Waals surface area (Å²) in [6.07, 6.45) is 0. The molecule has 1 heterocycles. The molecule has 0 aliphatic heterocycles. The van der Waals surface area contributed by atoms with E-state index in [-0.39, 0.29) is 0 Å². The van der Waals surface area contributed by atoms with Gasteiger partial charge in [0.15, 0.2) is 0 Å². The predicted octanol–water partition coefficient (Wildman–Crippen LogP) is 5.59. The first-order chi connectivity index (χ1) is 9.95. The Kier molecular flexibility index (Phi) is 3.34. The van der Waals surface area contributed by atoms with Gasteiger partial charge in [0.25, 0.3) is 0 Å². The highest BCUT2D eigenvalue weighted by Crippen LogP contribution is 2.36. The van der Waals surface area contributed by atoms with Crippen molar-refractivity contribution in [3.05, 3.63) is 70.1 Å². The maximum absolute atomic E-state index is 9.60. The van der Waals surface area contributed by atoms with Crippen LogP contribution in [0.1, 0.15) is 27.1 Å². The largest absolute Gasteiger partial charge is 0.508 e. The lowest BCUT2D eigenvalue weighted by Gasteiger charge is -2.12. The molecule has 0 atom stereocenters. The first-order valence-corrected chi connectivity index (χ1v) is 7.77. The summed E-state index contributed by atoms with van der Waals surface area (Å²) < 4.78 is 1.09. The van der Waals surface area contributed by atoms with E-state index in [2.05, 4.69) is 45.5 Å². The fourth-order valence-electron chi connectivity index (χ4n) is 2.95. The molecule has 3 rings (SSSR count). The Bertz CT molecular complexity index is 832. The minimum absolute atomic E-state index is 0.309. The van der Waals surface area contributed by atoms with Crippen molar-refractivity contribution in [2.75, 3.05) is 0 Å². The zero-order valence-electron chi connectivity index (χ0n) is 12.5. The highest BCUT2D eigenvalue weighted by Gasteiger charge is 2.12. The second kappa shape index (κ2) is 5.05. The van der Waals surface area contributed by atoms with E-state index in [1.54, 1.807) is 17.4 Å². The number of benzene rings is 2. The van der Waals surface area contributed by atoms with Crippen LogP contribution >= 0.6 is 11.3 Å². The molecular weight excluding hydrogens is 276 g/mol. The third-order valence-electron chi connectivity index (χ3n) is 3.78. The lowest BCUT2D eigenvalue weighted by Crippen LogP contribution is -1.93. The highest BCUT2D eigenvalue weighted by molar-refractivity contribution is 7.20. The van der Waals surface area contributed by atoms with E-state index >= 15 is 0 Å². The number of phenolic OH excluding ortho intramolecular Hbond substituents is 1. The molecule has 0 fully saturated rings. The van der Waals surface area contributed by atoms with Gasteiger partial charge in [-0.05, 0) is 72.7 Å². The fourth-order valence-corrected chi connectivity index (χ4v) is 4.02. The van der Waals surface area contributed by atoms with Crippen LogP contribution in [0.5, 0.6) is 5.75 Å². The number of fused-ring (bicyclic) bond motifs is 1. The van der Waals surface area contributed by atoms with Gasteiger partial charge in [0.05, 0.1) is 0 Å². The summed E-state index contributed by atoms with van der Waals surface area (Å²) in [4.78, 5) is 1.16. The molecule has 106 valence electrons. The van der Waals surface area contributed by atoms with Crippen molar-refractivity contribution in [3.63, 3.8) is 0 Å². The SMILES string of the molecule is C=C(c1cc2ccc(O)cc2s1)c1c(C)cc(C)cc1C. The van der Waals surface area contributed by atoms with Crippen LogP contribution in [0.15, 0.2) is 43.0 Å². The first-order valence-electron chi connectivity index (χ1n) is 6.96. The minimum Gasteiger partial charge on any atom is -0.508 e. The molecule has 0 unspecified atom stereocenters. The molecule has 0 aliphatic rings. The van der Waals surface area contributed by atoms with Crippen molar-refractivity contribution in [2.45, 2.75) is 20.8 Å². The normalized spacial score (nSPS) is 11.0. The number of aromatic hydroxyl groups is 1. The summed E-state index contributed by atoms with van der Waals surface area (Å²) in [5, 5.41) is 10.7. The van der Waals surface area contributed by atoms with Crippen LogP contribution in [0, 0.1) is 20.8 Å². The maximum atomic E-state index is 9.60. The molecule has 2 aromatic carbocycles. The van der Waals surface area contributed by atoms with E-state index < -0.39 is 0 Å². The minimum atomic E-state index is 0.309. The van der Waals surface area contributed by atoms with Crippen LogP contribution in [0.2, 0.25) is 0 Å². The van der Waals surface area contributed by atoms with Gasteiger partial charge in [0.2, 0.25) is 0 Å². The van der Waals surface area contributed by atoms with Gasteiger partial charge in [-0.15, -0.1) is 11.3 Å². The quantitative estimate of drug-likeness (QED) is 0.653. The molecule has 1 nitrogen and oxygen atoms in total. The van der Waals surface area contributed by atoms with Gasteiger partial charge >= 0.3 is 0 Å². The topological polar surface area (TPSA) is 20.2 Å². The Morgan fingerprint density at radius 1 is 1.00 bits per heavy atom. The lowest BCUT2D eigenvalue weighted by atomic mass is 9.93. The molecule has 21 heavy (non-hydrogen) atoms. The van der Waals surface area contributed by atoms with Crippen LogP contribution in [-0.4, -0.2) is 5.11 Å². The monoisotopic (exact) mass is 294 g/mol. The highest BCUT2D eigenvalue weighted by atomic mass is 32.1. The van der Waals surface area contributed by atoms with Crippen molar-refractivity contribution in [3.8, 4) is 5.75 Å². The Labute approximate surface area is 129 Å². The summed E-state index contributed by atoms with van der Waals surface area (Å²) in [5.41, 5.74) is 6.10. The molecular formula is C19H18OS. The fraction of sp³-hybridized carbons (Fsp3) is 0.158. The molecule has 0 aliphatic carbocycles. The van der Waals surface area contributed by atoms with E-state index in [9.17, 15) is 5.11 Å².